The Morgan fingerprint density at radius 1 is 0.424 bits per heavy atom. The smallest absolute Gasteiger partial charge is 0.0471 e. The van der Waals surface area contributed by atoms with Crippen LogP contribution in [-0.4, -0.2) is 0 Å². The fraction of sp³-hybridized carbons (Fsp3) is 0.158. The van der Waals surface area contributed by atoms with Gasteiger partial charge in [-0.05, 0) is 143 Å². The van der Waals surface area contributed by atoms with Crippen LogP contribution in [-0.2, 0) is 5.41 Å². The van der Waals surface area contributed by atoms with E-state index in [1.165, 1.54) is 102 Å². The van der Waals surface area contributed by atoms with Gasteiger partial charge in [0.15, 0.2) is 0 Å². The highest BCUT2D eigenvalue weighted by Crippen LogP contribution is 2.73. The van der Waals surface area contributed by atoms with Crippen LogP contribution in [0.25, 0.3) is 22.3 Å². The summed E-state index contributed by atoms with van der Waals surface area (Å²) in [6.45, 7) is 4.79. The van der Waals surface area contributed by atoms with E-state index in [0.717, 1.165) is 5.69 Å². The van der Waals surface area contributed by atoms with Crippen LogP contribution in [0.15, 0.2) is 226 Å². The molecule has 2 aliphatic rings. The molecule has 0 N–H and O–H groups in total. The van der Waals surface area contributed by atoms with Crippen molar-refractivity contribution in [1.29, 1.82) is 0 Å². The SMILES string of the molecule is CC1(C)c2ccccc2-c2c(-c3ccccc3)cc(N(c3ccc(C4CCCCC4)cc3)c3ccc(S(c4ccccc4)(c4ccccc4)c4ccccc4)cc3)cc21. The molecule has 0 amide bonds. The first-order valence-electron chi connectivity index (χ1n) is 21.4. The topological polar surface area (TPSA) is 3.24 Å². The third-order valence-corrected chi connectivity index (χ3v) is 16.9. The second kappa shape index (κ2) is 15.6. The van der Waals surface area contributed by atoms with Crippen LogP contribution in [0.4, 0.5) is 17.1 Å². The minimum absolute atomic E-state index is 0.157. The fourth-order valence-corrected chi connectivity index (χ4v) is 13.9. The van der Waals surface area contributed by atoms with Crippen molar-refractivity contribution in [2.24, 2.45) is 0 Å². The van der Waals surface area contributed by atoms with Gasteiger partial charge < -0.3 is 4.90 Å². The Kier molecular flexibility index (Phi) is 9.83. The normalized spacial score (nSPS) is 14.9. The maximum absolute atomic E-state index is 2.50. The van der Waals surface area contributed by atoms with Gasteiger partial charge in [0.05, 0.1) is 0 Å². The lowest BCUT2D eigenvalue weighted by Crippen LogP contribution is -2.17. The molecule has 2 heteroatoms. The molecule has 0 unspecified atom stereocenters. The highest BCUT2D eigenvalue weighted by molar-refractivity contribution is 8.34. The van der Waals surface area contributed by atoms with E-state index in [9.17, 15) is 0 Å². The summed E-state index contributed by atoms with van der Waals surface area (Å²) in [5.74, 6) is 0.652. The Bertz CT molecular complexity index is 2580. The van der Waals surface area contributed by atoms with Gasteiger partial charge in [-0.1, -0.05) is 154 Å². The summed E-state index contributed by atoms with van der Waals surface area (Å²) < 4.78 is 0. The van der Waals surface area contributed by atoms with E-state index in [4.69, 9.17) is 0 Å². The monoisotopic (exact) mass is 781 g/mol. The van der Waals surface area contributed by atoms with Gasteiger partial charge >= 0.3 is 0 Å². The Morgan fingerprint density at radius 3 is 1.46 bits per heavy atom. The van der Waals surface area contributed by atoms with Crippen molar-refractivity contribution in [1.82, 2.24) is 0 Å². The number of nitrogens with zero attached hydrogens (tertiary/aromatic N) is 1. The molecule has 8 aromatic carbocycles. The van der Waals surface area contributed by atoms with Crippen molar-refractivity contribution in [3.05, 3.63) is 223 Å². The maximum atomic E-state index is 2.50. The second-order valence-corrected chi connectivity index (χ2v) is 19.9. The first kappa shape index (κ1) is 37.2. The lowest BCUT2D eigenvalue weighted by atomic mass is 9.81. The summed E-state index contributed by atoms with van der Waals surface area (Å²) in [4.78, 5) is 7.80. The van der Waals surface area contributed by atoms with Crippen molar-refractivity contribution in [3.63, 3.8) is 0 Å². The van der Waals surface area contributed by atoms with E-state index < -0.39 is 10.0 Å². The average molecular weight is 782 g/mol. The van der Waals surface area contributed by atoms with Gasteiger partial charge in [-0.2, -0.15) is 0 Å². The molecule has 8 aromatic rings. The Balaban J connectivity index is 1.18. The maximum Gasteiger partial charge on any atom is 0.0471 e. The number of hydrogen-bond donors (Lipinski definition) is 0. The molecular formula is C57H51NS. The molecule has 0 saturated heterocycles. The summed E-state index contributed by atoms with van der Waals surface area (Å²) in [7, 11) is -1.82. The van der Waals surface area contributed by atoms with Crippen LogP contribution in [0.3, 0.4) is 0 Å². The number of hydrogen-bond acceptors (Lipinski definition) is 1. The number of fused-ring (bicyclic) bond motifs is 3. The molecule has 1 saturated carbocycles. The minimum Gasteiger partial charge on any atom is -0.310 e. The van der Waals surface area contributed by atoms with Crippen molar-refractivity contribution in [3.8, 4) is 22.3 Å². The van der Waals surface area contributed by atoms with Crippen LogP contribution in [0, 0.1) is 0 Å². The van der Waals surface area contributed by atoms with Gasteiger partial charge in [0.2, 0.25) is 0 Å². The molecule has 0 radical (unpaired) electrons. The molecule has 59 heavy (non-hydrogen) atoms. The quantitative estimate of drug-likeness (QED) is 0.141. The van der Waals surface area contributed by atoms with E-state index >= 15 is 0 Å². The van der Waals surface area contributed by atoms with Crippen LogP contribution < -0.4 is 4.90 Å². The first-order chi connectivity index (χ1) is 29.0. The van der Waals surface area contributed by atoms with Crippen molar-refractivity contribution >= 4 is 27.1 Å². The number of anilines is 3. The molecule has 0 aliphatic heterocycles. The van der Waals surface area contributed by atoms with Gasteiger partial charge in [0.1, 0.15) is 0 Å². The highest BCUT2D eigenvalue weighted by atomic mass is 32.3. The van der Waals surface area contributed by atoms with E-state index in [0.29, 0.717) is 5.92 Å². The van der Waals surface area contributed by atoms with E-state index in [1.807, 2.05) is 0 Å². The summed E-state index contributed by atoms with van der Waals surface area (Å²) in [6, 6.07) is 77.5. The molecule has 1 nitrogen and oxygen atoms in total. The van der Waals surface area contributed by atoms with Crippen LogP contribution in [0.1, 0.15) is 68.6 Å². The molecular weight excluding hydrogens is 731 g/mol. The number of benzene rings is 8. The summed E-state index contributed by atoms with van der Waals surface area (Å²) >= 11 is 0. The van der Waals surface area contributed by atoms with E-state index in [1.54, 1.807) is 0 Å². The summed E-state index contributed by atoms with van der Waals surface area (Å²) in [5, 5.41) is 0. The van der Waals surface area contributed by atoms with Crippen molar-refractivity contribution in [2.45, 2.75) is 76.9 Å². The van der Waals surface area contributed by atoms with Crippen molar-refractivity contribution < 1.29 is 0 Å². The zero-order valence-corrected chi connectivity index (χ0v) is 34.9. The molecule has 0 heterocycles. The fourth-order valence-electron chi connectivity index (χ4n) is 10.0. The predicted octanol–water partition coefficient (Wildman–Crippen LogP) is 16.5. The van der Waals surface area contributed by atoms with Gasteiger partial charge in [-0.15, -0.1) is 10.0 Å². The van der Waals surface area contributed by atoms with Crippen LogP contribution >= 0.6 is 10.0 Å². The molecule has 1 fully saturated rings. The largest absolute Gasteiger partial charge is 0.310 e. The van der Waals surface area contributed by atoms with E-state index in [2.05, 4.69) is 225 Å². The third kappa shape index (κ3) is 6.51. The lowest BCUT2D eigenvalue weighted by molar-refractivity contribution is 0.443. The number of rotatable bonds is 9. The molecule has 10 rings (SSSR count). The van der Waals surface area contributed by atoms with Crippen LogP contribution in [0.5, 0.6) is 0 Å². The van der Waals surface area contributed by atoms with Crippen molar-refractivity contribution in [2.75, 3.05) is 4.90 Å². The van der Waals surface area contributed by atoms with Crippen LogP contribution in [0.2, 0.25) is 0 Å². The molecule has 0 atom stereocenters. The Labute approximate surface area is 352 Å². The van der Waals surface area contributed by atoms with Gasteiger partial charge in [0, 0.05) is 42.1 Å². The van der Waals surface area contributed by atoms with E-state index in [-0.39, 0.29) is 5.41 Å². The molecule has 290 valence electrons. The van der Waals surface area contributed by atoms with Gasteiger partial charge in [-0.25, -0.2) is 0 Å². The predicted molar refractivity (Wildman–Crippen MR) is 250 cm³/mol. The molecule has 0 aromatic heterocycles. The zero-order valence-electron chi connectivity index (χ0n) is 34.1. The third-order valence-electron chi connectivity index (χ3n) is 13.0. The van der Waals surface area contributed by atoms with Gasteiger partial charge in [0.25, 0.3) is 0 Å². The Morgan fingerprint density at radius 2 is 0.898 bits per heavy atom. The second-order valence-electron chi connectivity index (χ2n) is 16.8. The molecule has 0 bridgehead atoms. The first-order valence-corrected chi connectivity index (χ1v) is 23.0. The average Bonchev–Trinajstić information content (AvgIpc) is 3.54. The lowest BCUT2D eigenvalue weighted by Gasteiger charge is -2.42. The molecule has 0 spiro atoms. The molecule has 2 aliphatic carbocycles. The Hall–Kier alpha value is -6.09. The zero-order chi connectivity index (χ0) is 39.8. The van der Waals surface area contributed by atoms with Gasteiger partial charge in [-0.3, -0.25) is 0 Å². The standard InChI is InChI=1S/C57H51NS/c1-57(2)54-31-19-18-30-52(54)56-53(44-22-10-4-11-23-44)40-47(41-55(56)57)58(45-34-32-43(33-35-45)42-20-8-3-9-21-42)46-36-38-51(39-37-46)59(48-24-12-5-13-25-48,49-26-14-6-15-27-49)50-28-16-7-17-29-50/h4-7,10-19,22-42H,3,8-9,20-21H2,1-2H3. The highest BCUT2D eigenvalue weighted by Gasteiger charge is 2.38. The summed E-state index contributed by atoms with van der Waals surface area (Å²) in [5.41, 5.74) is 12.8. The summed E-state index contributed by atoms with van der Waals surface area (Å²) in [6.07, 6.45) is 6.61. The minimum atomic E-state index is -1.82.